The molecule has 19 heavy (non-hydrogen) atoms. The third kappa shape index (κ3) is 4.95. The summed E-state index contributed by atoms with van der Waals surface area (Å²) in [5.41, 5.74) is 6.49. The molecule has 0 saturated heterocycles. The van der Waals surface area contributed by atoms with E-state index in [-0.39, 0.29) is 18.5 Å². The Bertz CT molecular complexity index is 396. The molecule has 0 radical (unpaired) electrons. The molecule has 1 amide bonds. The van der Waals surface area contributed by atoms with E-state index in [1.165, 1.54) is 4.90 Å². The van der Waals surface area contributed by atoms with Gasteiger partial charge in [0.2, 0.25) is 5.91 Å². The van der Waals surface area contributed by atoms with Crippen molar-refractivity contribution in [1.82, 2.24) is 4.90 Å². The number of benzene rings is 1. The van der Waals surface area contributed by atoms with Crippen LogP contribution >= 0.6 is 0 Å². The van der Waals surface area contributed by atoms with Gasteiger partial charge in [0.1, 0.15) is 0 Å². The Morgan fingerprint density at radius 1 is 1.26 bits per heavy atom. The minimum atomic E-state index is -2.55. The largest absolute Gasteiger partial charge is 0.332 e. The summed E-state index contributed by atoms with van der Waals surface area (Å²) in [6, 6.07) is 8.73. The van der Waals surface area contributed by atoms with E-state index in [9.17, 15) is 13.6 Å². The van der Waals surface area contributed by atoms with Crippen molar-refractivity contribution in [2.75, 3.05) is 6.54 Å². The molecule has 0 aliphatic rings. The summed E-state index contributed by atoms with van der Waals surface area (Å²) in [7, 11) is 0. The van der Waals surface area contributed by atoms with Gasteiger partial charge in [0.25, 0.3) is 6.43 Å². The molecular weight excluding hydrogens is 250 g/mol. The van der Waals surface area contributed by atoms with Crippen LogP contribution in [0.3, 0.4) is 0 Å². The molecule has 2 unspecified atom stereocenters. The molecule has 2 atom stereocenters. The highest BCUT2D eigenvalue weighted by atomic mass is 19.3. The van der Waals surface area contributed by atoms with Crippen molar-refractivity contribution in [2.24, 2.45) is 11.7 Å². The second kappa shape index (κ2) is 7.19. The monoisotopic (exact) mass is 270 g/mol. The maximum Gasteiger partial charge on any atom is 0.255 e. The average molecular weight is 270 g/mol. The summed E-state index contributed by atoms with van der Waals surface area (Å²) in [6.45, 7) is 2.98. The highest BCUT2D eigenvalue weighted by Gasteiger charge is 2.25. The van der Waals surface area contributed by atoms with E-state index >= 15 is 0 Å². The number of rotatable bonds is 6. The normalized spacial score (nSPS) is 14.2. The van der Waals surface area contributed by atoms with Gasteiger partial charge in [-0.25, -0.2) is 8.78 Å². The van der Waals surface area contributed by atoms with E-state index in [1.807, 2.05) is 30.3 Å². The summed E-state index contributed by atoms with van der Waals surface area (Å²) >= 11 is 0. The van der Waals surface area contributed by atoms with Crippen molar-refractivity contribution in [2.45, 2.75) is 32.9 Å². The van der Waals surface area contributed by atoms with Crippen molar-refractivity contribution in [1.29, 1.82) is 0 Å². The summed E-state index contributed by atoms with van der Waals surface area (Å²) in [5, 5.41) is 0. The Hall–Kier alpha value is -1.49. The van der Waals surface area contributed by atoms with Crippen molar-refractivity contribution >= 4 is 5.91 Å². The molecule has 2 N–H and O–H groups in total. The summed E-state index contributed by atoms with van der Waals surface area (Å²) in [5.74, 6) is -0.804. The lowest BCUT2D eigenvalue weighted by Gasteiger charge is -2.27. The Morgan fingerprint density at radius 2 is 1.84 bits per heavy atom. The van der Waals surface area contributed by atoms with E-state index in [4.69, 9.17) is 5.73 Å². The van der Waals surface area contributed by atoms with Crippen molar-refractivity contribution in [3.63, 3.8) is 0 Å². The molecule has 5 heteroatoms. The third-order valence-electron chi connectivity index (χ3n) is 3.06. The first kappa shape index (κ1) is 15.6. The van der Waals surface area contributed by atoms with Crippen LogP contribution in [0, 0.1) is 5.92 Å². The van der Waals surface area contributed by atoms with Crippen LogP contribution in [-0.4, -0.2) is 29.8 Å². The fraction of sp³-hybridized carbons (Fsp3) is 0.500. The van der Waals surface area contributed by atoms with Crippen molar-refractivity contribution in [3.05, 3.63) is 35.9 Å². The number of nitrogens with two attached hydrogens (primary N) is 1. The smallest absolute Gasteiger partial charge is 0.255 e. The highest BCUT2D eigenvalue weighted by molar-refractivity contribution is 5.79. The SMILES string of the molecule is CC(N)C(C)C(=O)N(Cc1ccccc1)CC(F)F. The first-order chi connectivity index (χ1) is 8.91. The highest BCUT2D eigenvalue weighted by Crippen LogP contribution is 2.13. The summed E-state index contributed by atoms with van der Waals surface area (Å²) in [4.78, 5) is 13.3. The second-order valence-electron chi connectivity index (χ2n) is 4.74. The Balaban J connectivity index is 2.80. The van der Waals surface area contributed by atoms with Crippen LogP contribution < -0.4 is 5.73 Å². The zero-order valence-corrected chi connectivity index (χ0v) is 11.2. The zero-order chi connectivity index (χ0) is 14.4. The molecule has 0 spiro atoms. The minimum absolute atomic E-state index is 0.182. The van der Waals surface area contributed by atoms with Crippen LogP contribution in [0.1, 0.15) is 19.4 Å². The van der Waals surface area contributed by atoms with Crippen molar-refractivity contribution in [3.8, 4) is 0 Å². The van der Waals surface area contributed by atoms with Crippen LogP contribution in [0.15, 0.2) is 30.3 Å². The number of alkyl halides is 2. The Kier molecular flexibility index (Phi) is 5.89. The number of carbonyl (C=O) groups excluding carboxylic acids is 1. The zero-order valence-electron chi connectivity index (χ0n) is 11.2. The first-order valence-corrected chi connectivity index (χ1v) is 6.28. The third-order valence-corrected chi connectivity index (χ3v) is 3.06. The van der Waals surface area contributed by atoms with Crippen LogP contribution in [-0.2, 0) is 11.3 Å². The number of hydrogen-bond donors (Lipinski definition) is 1. The van der Waals surface area contributed by atoms with Crippen LogP contribution in [0.5, 0.6) is 0 Å². The predicted molar refractivity (Wildman–Crippen MR) is 70.7 cm³/mol. The molecule has 106 valence electrons. The standard InChI is InChI=1S/C14H20F2N2O/c1-10(11(2)17)14(19)18(9-13(15)16)8-12-6-4-3-5-7-12/h3-7,10-11,13H,8-9,17H2,1-2H3. The molecule has 0 aliphatic heterocycles. The molecule has 0 fully saturated rings. The molecule has 1 aromatic carbocycles. The van der Waals surface area contributed by atoms with Crippen LogP contribution in [0.25, 0.3) is 0 Å². The number of halogens is 2. The number of hydrogen-bond acceptors (Lipinski definition) is 2. The fourth-order valence-electron chi connectivity index (χ4n) is 1.72. The molecule has 0 saturated carbocycles. The van der Waals surface area contributed by atoms with E-state index in [0.29, 0.717) is 0 Å². The molecule has 0 bridgehead atoms. The van der Waals surface area contributed by atoms with E-state index < -0.39 is 18.9 Å². The van der Waals surface area contributed by atoms with Gasteiger partial charge in [-0.2, -0.15) is 0 Å². The molecule has 1 aromatic rings. The minimum Gasteiger partial charge on any atom is -0.332 e. The van der Waals surface area contributed by atoms with E-state index in [2.05, 4.69) is 0 Å². The fourth-order valence-corrected chi connectivity index (χ4v) is 1.72. The molecule has 0 heterocycles. The van der Waals surface area contributed by atoms with Gasteiger partial charge in [0.05, 0.1) is 12.5 Å². The second-order valence-corrected chi connectivity index (χ2v) is 4.74. The average Bonchev–Trinajstić information content (AvgIpc) is 2.36. The van der Waals surface area contributed by atoms with Crippen LogP contribution in [0.2, 0.25) is 0 Å². The maximum absolute atomic E-state index is 12.6. The molecule has 0 aromatic heterocycles. The first-order valence-electron chi connectivity index (χ1n) is 6.28. The number of amides is 1. The lowest BCUT2D eigenvalue weighted by atomic mass is 10.0. The van der Waals surface area contributed by atoms with Crippen LogP contribution in [0.4, 0.5) is 8.78 Å². The molecular formula is C14H20F2N2O. The quantitative estimate of drug-likeness (QED) is 0.862. The van der Waals surface area contributed by atoms with Gasteiger partial charge in [0, 0.05) is 12.6 Å². The predicted octanol–water partition coefficient (Wildman–Crippen LogP) is 2.26. The molecule has 1 rings (SSSR count). The van der Waals surface area contributed by atoms with Crippen molar-refractivity contribution < 1.29 is 13.6 Å². The van der Waals surface area contributed by atoms with Gasteiger partial charge >= 0.3 is 0 Å². The number of nitrogens with zero attached hydrogens (tertiary/aromatic N) is 1. The molecule has 3 nitrogen and oxygen atoms in total. The summed E-state index contributed by atoms with van der Waals surface area (Å²) < 4.78 is 25.2. The van der Waals surface area contributed by atoms with Gasteiger partial charge in [-0.15, -0.1) is 0 Å². The Morgan fingerprint density at radius 3 is 2.32 bits per heavy atom. The van der Waals surface area contributed by atoms with Gasteiger partial charge < -0.3 is 10.6 Å². The van der Waals surface area contributed by atoms with E-state index in [1.54, 1.807) is 13.8 Å². The lowest BCUT2D eigenvalue weighted by molar-refractivity contribution is -0.138. The molecule has 0 aliphatic carbocycles. The summed E-state index contributed by atoms with van der Waals surface area (Å²) in [6.07, 6.45) is -2.55. The maximum atomic E-state index is 12.6. The topological polar surface area (TPSA) is 46.3 Å². The van der Waals surface area contributed by atoms with Gasteiger partial charge in [-0.05, 0) is 12.5 Å². The van der Waals surface area contributed by atoms with Gasteiger partial charge in [-0.3, -0.25) is 4.79 Å². The van der Waals surface area contributed by atoms with E-state index in [0.717, 1.165) is 5.56 Å². The lowest BCUT2D eigenvalue weighted by Crippen LogP contribution is -2.43. The number of carbonyl (C=O) groups is 1. The van der Waals surface area contributed by atoms with Gasteiger partial charge in [-0.1, -0.05) is 37.3 Å². The van der Waals surface area contributed by atoms with Gasteiger partial charge in [0.15, 0.2) is 0 Å². The Labute approximate surface area is 112 Å².